The molecule has 3 aromatic rings. The summed E-state index contributed by atoms with van der Waals surface area (Å²) in [7, 11) is 0. The predicted octanol–water partition coefficient (Wildman–Crippen LogP) is 5.47. The number of thioether (sulfide) groups is 1. The number of hydrogen-bond donors (Lipinski definition) is 1. The van der Waals surface area contributed by atoms with Crippen molar-refractivity contribution in [3.05, 3.63) is 94.8 Å². The third kappa shape index (κ3) is 3.83. The SMILES string of the molecule is Cc1ccccc1C(=O)Nc1cccc(C2SCC(=O)N2c2cccc(F)c2C)c1. The number of carbonyl (C=O) groups is 2. The van der Waals surface area contributed by atoms with Crippen molar-refractivity contribution in [2.45, 2.75) is 19.2 Å². The smallest absolute Gasteiger partial charge is 0.255 e. The van der Waals surface area contributed by atoms with E-state index in [1.54, 1.807) is 30.0 Å². The molecule has 1 atom stereocenters. The van der Waals surface area contributed by atoms with E-state index in [1.807, 2.05) is 49.4 Å². The fourth-order valence-corrected chi connectivity index (χ4v) is 4.74. The fraction of sp³-hybridized carbons (Fsp3) is 0.167. The van der Waals surface area contributed by atoms with Crippen molar-refractivity contribution in [2.75, 3.05) is 16.0 Å². The van der Waals surface area contributed by atoms with Crippen LogP contribution in [0.4, 0.5) is 15.8 Å². The van der Waals surface area contributed by atoms with E-state index in [4.69, 9.17) is 0 Å². The molecule has 1 N–H and O–H groups in total. The lowest BCUT2D eigenvalue weighted by Crippen LogP contribution is -2.28. The van der Waals surface area contributed by atoms with Crippen molar-refractivity contribution in [3.8, 4) is 0 Å². The van der Waals surface area contributed by atoms with Gasteiger partial charge in [-0.3, -0.25) is 14.5 Å². The van der Waals surface area contributed by atoms with Crippen LogP contribution in [0.2, 0.25) is 0 Å². The number of anilines is 2. The first-order chi connectivity index (χ1) is 14.5. The van der Waals surface area contributed by atoms with E-state index in [0.29, 0.717) is 28.3 Å². The van der Waals surface area contributed by atoms with Crippen LogP contribution < -0.4 is 10.2 Å². The third-order valence-corrected chi connectivity index (χ3v) is 6.40. The van der Waals surface area contributed by atoms with E-state index in [-0.39, 0.29) is 23.0 Å². The highest BCUT2D eigenvalue weighted by Gasteiger charge is 2.35. The molecule has 1 aliphatic heterocycles. The molecular weight excluding hydrogens is 399 g/mol. The van der Waals surface area contributed by atoms with Gasteiger partial charge in [-0.2, -0.15) is 0 Å². The van der Waals surface area contributed by atoms with E-state index in [1.165, 1.54) is 17.8 Å². The van der Waals surface area contributed by atoms with Gasteiger partial charge < -0.3 is 5.32 Å². The molecular formula is C24H21FN2O2S. The summed E-state index contributed by atoms with van der Waals surface area (Å²) in [4.78, 5) is 26.9. The summed E-state index contributed by atoms with van der Waals surface area (Å²) in [5.74, 6) is -0.262. The Balaban J connectivity index is 1.63. The minimum atomic E-state index is -0.338. The number of nitrogens with zero attached hydrogens (tertiary/aromatic N) is 1. The minimum absolute atomic E-state index is 0.0620. The summed E-state index contributed by atoms with van der Waals surface area (Å²) in [6.45, 7) is 3.57. The van der Waals surface area contributed by atoms with Gasteiger partial charge in [-0.05, 0) is 55.3 Å². The van der Waals surface area contributed by atoms with Gasteiger partial charge in [-0.1, -0.05) is 36.4 Å². The zero-order chi connectivity index (χ0) is 21.3. The topological polar surface area (TPSA) is 49.4 Å². The van der Waals surface area contributed by atoms with Crippen molar-refractivity contribution < 1.29 is 14.0 Å². The van der Waals surface area contributed by atoms with Crippen LogP contribution >= 0.6 is 11.8 Å². The van der Waals surface area contributed by atoms with Crippen molar-refractivity contribution in [1.82, 2.24) is 0 Å². The highest BCUT2D eigenvalue weighted by Crippen LogP contribution is 2.43. The third-order valence-electron chi connectivity index (χ3n) is 5.19. The molecule has 2 amide bonds. The standard InChI is InChI=1S/C24H21FN2O2S/c1-15-7-3-4-10-19(15)23(29)26-18-9-5-8-17(13-18)24-27(22(28)14-30-24)21-12-6-11-20(25)16(21)2/h3-13,24H,14H2,1-2H3,(H,26,29). The Morgan fingerprint density at radius 3 is 2.63 bits per heavy atom. The van der Waals surface area contributed by atoms with Crippen LogP contribution in [-0.2, 0) is 4.79 Å². The largest absolute Gasteiger partial charge is 0.322 e. The van der Waals surface area contributed by atoms with Gasteiger partial charge in [-0.25, -0.2) is 4.39 Å². The number of rotatable bonds is 4. The molecule has 0 spiro atoms. The molecule has 0 saturated carbocycles. The number of benzene rings is 3. The van der Waals surface area contributed by atoms with E-state index >= 15 is 0 Å². The molecule has 1 unspecified atom stereocenters. The Kier molecular flexibility index (Phi) is 5.59. The first kappa shape index (κ1) is 20.2. The molecule has 3 aromatic carbocycles. The van der Waals surface area contributed by atoms with E-state index in [9.17, 15) is 14.0 Å². The van der Waals surface area contributed by atoms with Gasteiger partial charge in [0.25, 0.3) is 5.91 Å². The van der Waals surface area contributed by atoms with Crippen LogP contribution in [0.25, 0.3) is 0 Å². The molecule has 0 aromatic heterocycles. The minimum Gasteiger partial charge on any atom is -0.322 e. The number of halogens is 1. The summed E-state index contributed by atoms with van der Waals surface area (Å²) in [6, 6.07) is 19.6. The Bertz CT molecular complexity index is 1130. The van der Waals surface area contributed by atoms with Crippen molar-refractivity contribution in [2.24, 2.45) is 0 Å². The van der Waals surface area contributed by atoms with Gasteiger partial charge in [0.1, 0.15) is 11.2 Å². The second kappa shape index (κ2) is 8.32. The maximum Gasteiger partial charge on any atom is 0.255 e. The summed E-state index contributed by atoms with van der Waals surface area (Å²) < 4.78 is 14.1. The lowest BCUT2D eigenvalue weighted by atomic mass is 10.1. The number of amides is 2. The molecule has 1 saturated heterocycles. The van der Waals surface area contributed by atoms with Gasteiger partial charge in [0.15, 0.2) is 0 Å². The molecule has 1 fully saturated rings. The lowest BCUT2D eigenvalue weighted by Gasteiger charge is -2.26. The first-order valence-corrected chi connectivity index (χ1v) is 10.7. The molecule has 4 rings (SSSR count). The highest BCUT2D eigenvalue weighted by atomic mass is 32.2. The zero-order valence-electron chi connectivity index (χ0n) is 16.7. The second-order valence-corrected chi connectivity index (χ2v) is 8.27. The van der Waals surface area contributed by atoms with E-state index in [2.05, 4.69) is 5.32 Å². The Morgan fingerprint density at radius 1 is 1.07 bits per heavy atom. The van der Waals surface area contributed by atoms with Crippen molar-refractivity contribution in [3.63, 3.8) is 0 Å². The quantitative estimate of drug-likeness (QED) is 0.609. The summed E-state index contributed by atoms with van der Waals surface area (Å²) in [5, 5.41) is 2.65. The molecule has 1 aliphatic rings. The number of carbonyl (C=O) groups excluding carboxylic acids is 2. The van der Waals surface area contributed by atoms with Crippen LogP contribution in [0.3, 0.4) is 0 Å². The van der Waals surface area contributed by atoms with Crippen molar-refractivity contribution >= 4 is 35.0 Å². The van der Waals surface area contributed by atoms with E-state index < -0.39 is 0 Å². The molecule has 0 aliphatic carbocycles. The van der Waals surface area contributed by atoms with Crippen LogP contribution in [0.5, 0.6) is 0 Å². The summed E-state index contributed by atoms with van der Waals surface area (Å²) in [6.07, 6.45) is 0. The van der Waals surface area contributed by atoms with Crippen LogP contribution in [-0.4, -0.2) is 17.6 Å². The van der Waals surface area contributed by atoms with Crippen LogP contribution in [0, 0.1) is 19.7 Å². The monoisotopic (exact) mass is 420 g/mol. The van der Waals surface area contributed by atoms with E-state index in [0.717, 1.165) is 11.1 Å². The Morgan fingerprint density at radius 2 is 1.83 bits per heavy atom. The first-order valence-electron chi connectivity index (χ1n) is 9.61. The van der Waals surface area contributed by atoms with Crippen LogP contribution in [0.15, 0.2) is 66.7 Å². The molecule has 6 heteroatoms. The summed E-state index contributed by atoms with van der Waals surface area (Å²) in [5.41, 5.74) is 4.06. The average molecular weight is 421 g/mol. The van der Waals surface area contributed by atoms with Gasteiger partial charge in [-0.15, -0.1) is 11.8 Å². The van der Waals surface area contributed by atoms with Gasteiger partial charge in [0, 0.05) is 16.8 Å². The molecule has 4 nitrogen and oxygen atoms in total. The zero-order valence-corrected chi connectivity index (χ0v) is 17.5. The Labute approximate surface area is 179 Å². The van der Waals surface area contributed by atoms with Crippen molar-refractivity contribution in [1.29, 1.82) is 0 Å². The number of aryl methyl sites for hydroxylation is 1. The van der Waals surface area contributed by atoms with Crippen LogP contribution in [0.1, 0.15) is 32.4 Å². The molecule has 30 heavy (non-hydrogen) atoms. The number of hydrogen-bond acceptors (Lipinski definition) is 3. The molecule has 152 valence electrons. The normalized spacial score (nSPS) is 16.0. The maximum absolute atomic E-state index is 14.1. The van der Waals surface area contributed by atoms with Gasteiger partial charge >= 0.3 is 0 Å². The average Bonchev–Trinajstić information content (AvgIpc) is 3.12. The second-order valence-electron chi connectivity index (χ2n) is 7.21. The lowest BCUT2D eigenvalue weighted by molar-refractivity contribution is -0.115. The van der Waals surface area contributed by atoms with Gasteiger partial charge in [0.2, 0.25) is 5.91 Å². The highest BCUT2D eigenvalue weighted by molar-refractivity contribution is 8.00. The maximum atomic E-state index is 14.1. The predicted molar refractivity (Wildman–Crippen MR) is 119 cm³/mol. The number of nitrogens with one attached hydrogen (secondary N) is 1. The van der Waals surface area contributed by atoms with Gasteiger partial charge in [0.05, 0.1) is 11.4 Å². The molecule has 1 heterocycles. The summed E-state index contributed by atoms with van der Waals surface area (Å²) >= 11 is 1.49. The fourth-order valence-electron chi connectivity index (χ4n) is 3.58. The molecule has 0 bridgehead atoms. The molecule has 0 radical (unpaired) electrons. The Hall–Kier alpha value is -3.12.